The Morgan fingerprint density at radius 2 is 1.60 bits per heavy atom. The topological polar surface area (TPSA) is 26.3 Å². The summed E-state index contributed by atoms with van der Waals surface area (Å²) in [4.78, 5) is 11.3. The highest BCUT2D eigenvalue weighted by Crippen LogP contribution is 2.32. The minimum atomic E-state index is -0.0980. The molecule has 0 aromatic rings. The monoisotopic (exact) mass is 214 g/mol. The second-order valence-corrected chi connectivity index (χ2v) is 6.46. The van der Waals surface area contributed by atoms with E-state index in [0.29, 0.717) is 6.42 Å². The third-order valence-electron chi connectivity index (χ3n) is 2.33. The summed E-state index contributed by atoms with van der Waals surface area (Å²) in [5, 5.41) is 0. The normalized spacial score (nSPS) is 14.9. The smallest absolute Gasteiger partial charge is 0.305 e. The molecule has 90 valence electrons. The first-order chi connectivity index (χ1) is 6.56. The average Bonchev–Trinajstić information content (AvgIpc) is 1.98. The first-order valence-corrected chi connectivity index (χ1v) is 5.76. The minimum absolute atomic E-state index is 0.00458. The molecule has 1 unspecified atom stereocenters. The number of carbonyl (C=O) groups is 1. The minimum Gasteiger partial charge on any atom is -0.462 e. The van der Waals surface area contributed by atoms with E-state index in [2.05, 4.69) is 41.5 Å². The fourth-order valence-corrected chi connectivity index (χ4v) is 1.32. The number of esters is 1. The number of carbonyl (C=O) groups excluding carboxylic acids is 1. The van der Waals surface area contributed by atoms with E-state index < -0.39 is 0 Å². The van der Waals surface area contributed by atoms with Crippen molar-refractivity contribution in [1.29, 1.82) is 0 Å². The summed E-state index contributed by atoms with van der Waals surface area (Å²) in [7, 11) is 0. The lowest BCUT2D eigenvalue weighted by atomic mass is 9.78. The van der Waals surface area contributed by atoms with Crippen molar-refractivity contribution in [2.75, 3.05) is 0 Å². The number of hydrogen-bond donors (Lipinski definition) is 0. The molecule has 0 aromatic carbocycles. The van der Waals surface area contributed by atoms with Crippen LogP contribution in [0.4, 0.5) is 0 Å². The van der Waals surface area contributed by atoms with Gasteiger partial charge in [0.25, 0.3) is 0 Å². The van der Waals surface area contributed by atoms with Crippen molar-refractivity contribution in [3.63, 3.8) is 0 Å². The maximum absolute atomic E-state index is 11.3. The third-order valence-corrected chi connectivity index (χ3v) is 2.33. The number of hydrogen-bond acceptors (Lipinski definition) is 2. The van der Waals surface area contributed by atoms with Gasteiger partial charge in [-0.05, 0) is 17.3 Å². The van der Waals surface area contributed by atoms with E-state index in [1.54, 1.807) is 0 Å². The molecule has 0 rings (SSSR count). The molecule has 0 spiro atoms. The molecule has 0 amide bonds. The Balaban J connectivity index is 4.54. The van der Waals surface area contributed by atoms with Gasteiger partial charge < -0.3 is 4.74 Å². The number of ether oxygens (including phenoxy) is 1. The van der Waals surface area contributed by atoms with Gasteiger partial charge >= 0.3 is 5.97 Å². The molecular formula is C13H26O2. The van der Waals surface area contributed by atoms with Crippen LogP contribution >= 0.6 is 0 Å². The summed E-state index contributed by atoms with van der Waals surface area (Å²) in [6, 6.07) is 0. The van der Waals surface area contributed by atoms with Gasteiger partial charge in [-0.25, -0.2) is 0 Å². The standard InChI is InChI=1S/C13H26O2/c1-8-11(14)15-10(13(5,6)7)9-12(2,3)4/h10H,8-9H2,1-7H3. The molecule has 15 heavy (non-hydrogen) atoms. The molecule has 0 saturated heterocycles. The van der Waals surface area contributed by atoms with Crippen molar-refractivity contribution < 1.29 is 9.53 Å². The second kappa shape index (κ2) is 5.00. The predicted octanol–water partition coefficient (Wildman–Crippen LogP) is 3.79. The van der Waals surface area contributed by atoms with E-state index in [4.69, 9.17) is 4.74 Å². The molecule has 2 heteroatoms. The maximum Gasteiger partial charge on any atom is 0.305 e. The van der Waals surface area contributed by atoms with Crippen molar-refractivity contribution in [1.82, 2.24) is 0 Å². The quantitative estimate of drug-likeness (QED) is 0.668. The van der Waals surface area contributed by atoms with Crippen molar-refractivity contribution in [2.24, 2.45) is 10.8 Å². The zero-order chi connectivity index (χ0) is 12.3. The summed E-state index contributed by atoms with van der Waals surface area (Å²) in [6.07, 6.45) is 1.36. The highest BCUT2D eigenvalue weighted by molar-refractivity contribution is 5.69. The van der Waals surface area contributed by atoms with E-state index in [-0.39, 0.29) is 22.9 Å². The van der Waals surface area contributed by atoms with Gasteiger partial charge in [0.2, 0.25) is 0 Å². The van der Waals surface area contributed by atoms with Crippen LogP contribution in [0.1, 0.15) is 61.3 Å². The van der Waals surface area contributed by atoms with Crippen LogP contribution in [0.3, 0.4) is 0 Å². The van der Waals surface area contributed by atoms with Crippen molar-refractivity contribution >= 4 is 5.97 Å². The fraction of sp³-hybridized carbons (Fsp3) is 0.923. The lowest BCUT2D eigenvalue weighted by molar-refractivity contribution is -0.156. The molecule has 0 N–H and O–H groups in total. The number of rotatable bonds is 3. The molecule has 0 fully saturated rings. The van der Waals surface area contributed by atoms with E-state index in [1.165, 1.54) is 0 Å². The summed E-state index contributed by atoms with van der Waals surface area (Å²) < 4.78 is 5.50. The average molecular weight is 214 g/mol. The molecule has 0 saturated carbocycles. The second-order valence-electron chi connectivity index (χ2n) is 6.46. The maximum atomic E-state index is 11.3. The van der Waals surface area contributed by atoms with Crippen molar-refractivity contribution in [2.45, 2.75) is 67.4 Å². The Kier molecular flexibility index (Phi) is 4.82. The largest absolute Gasteiger partial charge is 0.462 e. The molecule has 0 aliphatic carbocycles. The van der Waals surface area contributed by atoms with Gasteiger partial charge in [0.05, 0.1) is 0 Å². The zero-order valence-electron chi connectivity index (χ0n) is 11.3. The summed E-state index contributed by atoms with van der Waals surface area (Å²) in [5.74, 6) is -0.0980. The Morgan fingerprint density at radius 1 is 1.13 bits per heavy atom. The van der Waals surface area contributed by atoms with Gasteiger partial charge in [0, 0.05) is 6.42 Å². The third kappa shape index (κ3) is 6.53. The Hall–Kier alpha value is -0.530. The van der Waals surface area contributed by atoms with Gasteiger partial charge in [-0.2, -0.15) is 0 Å². The Morgan fingerprint density at radius 3 is 1.87 bits per heavy atom. The van der Waals surface area contributed by atoms with Crippen LogP contribution in [0.25, 0.3) is 0 Å². The summed E-state index contributed by atoms with van der Waals surface area (Å²) >= 11 is 0. The van der Waals surface area contributed by atoms with Gasteiger partial charge in [-0.1, -0.05) is 48.5 Å². The Labute approximate surface area is 94.4 Å². The highest BCUT2D eigenvalue weighted by Gasteiger charge is 2.31. The van der Waals surface area contributed by atoms with Gasteiger partial charge in [-0.15, -0.1) is 0 Å². The molecule has 0 aliphatic rings. The first-order valence-electron chi connectivity index (χ1n) is 5.76. The lowest BCUT2D eigenvalue weighted by Gasteiger charge is -2.34. The van der Waals surface area contributed by atoms with Crippen LogP contribution in [0, 0.1) is 10.8 Å². The van der Waals surface area contributed by atoms with Crippen molar-refractivity contribution in [3.8, 4) is 0 Å². The molecular weight excluding hydrogens is 188 g/mol. The zero-order valence-corrected chi connectivity index (χ0v) is 11.3. The molecule has 0 aromatic heterocycles. The van der Waals surface area contributed by atoms with E-state index in [0.717, 1.165) is 6.42 Å². The summed E-state index contributed by atoms with van der Waals surface area (Å²) in [6.45, 7) is 14.7. The molecule has 1 atom stereocenters. The van der Waals surface area contributed by atoms with Crippen LogP contribution in [-0.4, -0.2) is 12.1 Å². The van der Waals surface area contributed by atoms with Gasteiger partial charge in [0.1, 0.15) is 6.10 Å². The molecule has 0 heterocycles. The SMILES string of the molecule is CCC(=O)OC(CC(C)(C)C)C(C)(C)C. The van der Waals surface area contributed by atoms with Gasteiger partial charge in [-0.3, -0.25) is 4.79 Å². The van der Waals surface area contributed by atoms with E-state index >= 15 is 0 Å². The molecule has 2 nitrogen and oxygen atoms in total. The van der Waals surface area contributed by atoms with Crippen molar-refractivity contribution in [3.05, 3.63) is 0 Å². The van der Waals surface area contributed by atoms with Crippen LogP contribution < -0.4 is 0 Å². The molecule has 0 aliphatic heterocycles. The van der Waals surface area contributed by atoms with Crippen LogP contribution in [0.2, 0.25) is 0 Å². The molecule has 0 bridgehead atoms. The molecule has 0 radical (unpaired) electrons. The predicted molar refractivity (Wildman–Crippen MR) is 63.7 cm³/mol. The summed E-state index contributed by atoms with van der Waals surface area (Å²) in [5.41, 5.74) is 0.198. The fourth-order valence-electron chi connectivity index (χ4n) is 1.32. The lowest BCUT2D eigenvalue weighted by Crippen LogP contribution is -2.35. The van der Waals surface area contributed by atoms with Gasteiger partial charge in [0.15, 0.2) is 0 Å². The van der Waals surface area contributed by atoms with E-state index in [9.17, 15) is 4.79 Å². The Bertz CT molecular complexity index is 206. The van der Waals surface area contributed by atoms with E-state index in [1.807, 2.05) is 6.92 Å². The van der Waals surface area contributed by atoms with Crippen LogP contribution in [0.15, 0.2) is 0 Å². The first kappa shape index (κ1) is 14.5. The van der Waals surface area contributed by atoms with Crippen LogP contribution in [-0.2, 0) is 9.53 Å². The highest BCUT2D eigenvalue weighted by atomic mass is 16.5. The van der Waals surface area contributed by atoms with Crippen LogP contribution in [0.5, 0.6) is 0 Å².